The molecule has 1 atom stereocenters. The number of amides is 2. The van der Waals surface area contributed by atoms with Crippen LogP contribution in [0.15, 0.2) is 47.1 Å². The number of hydrogen-bond acceptors (Lipinski definition) is 5. The molecular weight excluding hydrogens is 372 g/mol. The fourth-order valence-corrected chi connectivity index (χ4v) is 4.56. The number of hydrogen-bond donors (Lipinski definition) is 2. The summed E-state index contributed by atoms with van der Waals surface area (Å²) in [5, 5.41) is 7.24. The van der Waals surface area contributed by atoms with Crippen molar-refractivity contribution in [2.24, 2.45) is 0 Å². The predicted molar refractivity (Wildman–Crippen MR) is 113 cm³/mol. The zero-order valence-corrected chi connectivity index (χ0v) is 16.9. The van der Waals surface area contributed by atoms with E-state index in [1.165, 1.54) is 4.70 Å². The average Bonchev–Trinajstić information content (AvgIpc) is 3.36. The van der Waals surface area contributed by atoms with Crippen LogP contribution in [-0.2, 0) is 6.42 Å². The van der Waals surface area contributed by atoms with Gasteiger partial charge in [-0.15, -0.1) is 0 Å². The Morgan fingerprint density at radius 3 is 2.86 bits per heavy atom. The van der Waals surface area contributed by atoms with Crippen molar-refractivity contribution in [2.45, 2.75) is 44.7 Å². The highest BCUT2D eigenvalue weighted by Gasteiger charge is 2.23. The molecule has 148 valence electrons. The largest absolute Gasteiger partial charge is 0.469 e. The summed E-state index contributed by atoms with van der Waals surface area (Å²) in [5.74, 6) is 0.955. The number of fused-ring (bicyclic) bond motifs is 1. The molecule has 0 bridgehead atoms. The molecule has 7 heteroatoms. The molecule has 0 aliphatic carbocycles. The Bertz CT molecular complexity index is 867. The summed E-state index contributed by atoms with van der Waals surface area (Å²) in [7, 11) is 0. The van der Waals surface area contributed by atoms with Crippen LogP contribution in [-0.4, -0.2) is 36.2 Å². The zero-order valence-electron chi connectivity index (χ0n) is 16.1. The number of benzene rings is 1. The summed E-state index contributed by atoms with van der Waals surface area (Å²) in [6.45, 7) is 3.86. The second kappa shape index (κ2) is 8.65. The Morgan fingerprint density at radius 2 is 2.11 bits per heavy atom. The molecule has 0 saturated carbocycles. The maximum atomic E-state index is 12.3. The van der Waals surface area contributed by atoms with Crippen molar-refractivity contribution in [3.05, 3.63) is 48.4 Å². The van der Waals surface area contributed by atoms with E-state index in [2.05, 4.69) is 33.7 Å². The number of rotatable bonds is 6. The van der Waals surface area contributed by atoms with Gasteiger partial charge >= 0.3 is 6.03 Å². The van der Waals surface area contributed by atoms with E-state index in [-0.39, 0.29) is 18.1 Å². The molecule has 1 aliphatic heterocycles. The van der Waals surface area contributed by atoms with Crippen LogP contribution in [0.3, 0.4) is 0 Å². The number of aryl methyl sites for hydroxylation is 1. The van der Waals surface area contributed by atoms with Crippen LogP contribution in [0.2, 0.25) is 0 Å². The van der Waals surface area contributed by atoms with Crippen molar-refractivity contribution < 1.29 is 9.21 Å². The van der Waals surface area contributed by atoms with E-state index < -0.39 is 0 Å². The first kappa shape index (κ1) is 18.8. The number of nitrogens with zero attached hydrogens (tertiary/aromatic N) is 2. The molecule has 0 unspecified atom stereocenters. The van der Waals surface area contributed by atoms with Crippen molar-refractivity contribution in [1.29, 1.82) is 0 Å². The number of furan rings is 1. The first-order valence-electron chi connectivity index (χ1n) is 9.87. The number of carbonyl (C=O) groups excluding carboxylic acids is 1. The Labute approximate surface area is 168 Å². The van der Waals surface area contributed by atoms with Crippen molar-refractivity contribution in [3.8, 4) is 0 Å². The van der Waals surface area contributed by atoms with Gasteiger partial charge in [-0.3, -0.25) is 0 Å². The molecule has 2 N–H and O–H groups in total. The fraction of sp³-hybridized carbons (Fsp3) is 0.429. The predicted octanol–water partition coefficient (Wildman–Crippen LogP) is 4.18. The van der Waals surface area contributed by atoms with Gasteiger partial charge in [0, 0.05) is 31.6 Å². The van der Waals surface area contributed by atoms with Crippen LogP contribution < -0.4 is 15.5 Å². The van der Waals surface area contributed by atoms with Crippen molar-refractivity contribution in [1.82, 2.24) is 15.6 Å². The van der Waals surface area contributed by atoms with Gasteiger partial charge in [0.25, 0.3) is 0 Å². The molecule has 0 radical (unpaired) electrons. The maximum absolute atomic E-state index is 12.3. The second-order valence-corrected chi connectivity index (χ2v) is 8.37. The number of aromatic nitrogens is 1. The Morgan fingerprint density at radius 1 is 1.29 bits per heavy atom. The summed E-state index contributed by atoms with van der Waals surface area (Å²) in [4.78, 5) is 19.3. The summed E-state index contributed by atoms with van der Waals surface area (Å²) in [6.07, 6.45) is 5.24. The molecule has 2 aromatic heterocycles. The van der Waals surface area contributed by atoms with Gasteiger partial charge in [0.1, 0.15) is 5.76 Å². The van der Waals surface area contributed by atoms with Crippen molar-refractivity contribution >= 4 is 32.7 Å². The lowest BCUT2D eigenvalue weighted by molar-refractivity contribution is 0.230. The third-order valence-corrected chi connectivity index (χ3v) is 6.26. The third kappa shape index (κ3) is 4.65. The minimum absolute atomic E-state index is 0.0784. The summed E-state index contributed by atoms with van der Waals surface area (Å²) >= 11 is 1.74. The first-order valence-corrected chi connectivity index (χ1v) is 10.7. The fourth-order valence-electron chi connectivity index (χ4n) is 3.55. The highest BCUT2D eigenvalue weighted by molar-refractivity contribution is 7.22. The highest BCUT2D eigenvalue weighted by Crippen LogP contribution is 2.30. The zero-order chi connectivity index (χ0) is 19.3. The molecule has 6 nitrogen and oxygen atoms in total. The van der Waals surface area contributed by atoms with Gasteiger partial charge in [-0.25, -0.2) is 9.78 Å². The van der Waals surface area contributed by atoms with Crippen molar-refractivity contribution in [3.63, 3.8) is 0 Å². The van der Waals surface area contributed by atoms with E-state index in [9.17, 15) is 4.79 Å². The third-order valence-electron chi connectivity index (χ3n) is 5.16. The number of anilines is 1. The number of thiazole rings is 1. The van der Waals surface area contributed by atoms with E-state index in [1.807, 2.05) is 25.1 Å². The van der Waals surface area contributed by atoms with Gasteiger partial charge in [-0.1, -0.05) is 23.5 Å². The van der Waals surface area contributed by atoms with Crippen LogP contribution in [0.5, 0.6) is 0 Å². The molecule has 0 spiro atoms. The van der Waals surface area contributed by atoms with Gasteiger partial charge in [-0.2, -0.15) is 0 Å². The molecule has 28 heavy (non-hydrogen) atoms. The van der Waals surface area contributed by atoms with Crippen LogP contribution in [0, 0.1) is 0 Å². The van der Waals surface area contributed by atoms with Crippen LogP contribution in [0.25, 0.3) is 10.2 Å². The van der Waals surface area contributed by atoms with E-state index in [4.69, 9.17) is 9.40 Å². The van der Waals surface area contributed by atoms with E-state index >= 15 is 0 Å². The molecule has 1 saturated heterocycles. The standard InChI is InChI=1S/C21H26N4O2S/c1-15(8-9-17-5-4-14-27-17)22-20(26)23-16-10-12-25(13-11-16)21-24-18-6-2-3-7-19(18)28-21/h2-7,14-16H,8-13H2,1H3,(H2,22,23,26)/t15-/m1/s1. The van der Waals surface area contributed by atoms with Gasteiger partial charge in [0.2, 0.25) is 0 Å². The number of para-hydroxylation sites is 1. The van der Waals surface area contributed by atoms with Gasteiger partial charge in [0.05, 0.1) is 16.5 Å². The molecule has 1 fully saturated rings. The Hall–Kier alpha value is -2.54. The topological polar surface area (TPSA) is 70.4 Å². The monoisotopic (exact) mass is 398 g/mol. The first-order chi connectivity index (χ1) is 13.7. The molecule has 1 aliphatic rings. The number of carbonyl (C=O) groups is 1. The lowest BCUT2D eigenvalue weighted by Gasteiger charge is -2.32. The van der Waals surface area contributed by atoms with Crippen molar-refractivity contribution in [2.75, 3.05) is 18.0 Å². The molecule has 3 heterocycles. The average molecular weight is 399 g/mol. The Balaban J connectivity index is 1.21. The minimum Gasteiger partial charge on any atom is -0.469 e. The lowest BCUT2D eigenvalue weighted by atomic mass is 10.1. The van der Waals surface area contributed by atoms with Crippen LogP contribution in [0.4, 0.5) is 9.93 Å². The SMILES string of the molecule is C[C@H](CCc1ccco1)NC(=O)NC1CCN(c2nc3ccccc3s2)CC1. The van der Waals surface area contributed by atoms with Gasteiger partial charge < -0.3 is 20.0 Å². The highest BCUT2D eigenvalue weighted by atomic mass is 32.1. The maximum Gasteiger partial charge on any atom is 0.315 e. The molecular formula is C21H26N4O2S. The number of nitrogens with one attached hydrogen (secondary N) is 2. The molecule has 3 aromatic rings. The summed E-state index contributed by atoms with van der Waals surface area (Å²) in [5.41, 5.74) is 1.06. The molecule has 2 amide bonds. The number of urea groups is 1. The summed E-state index contributed by atoms with van der Waals surface area (Å²) < 4.78 is 6.56. The lowest BCUT2D eigenvalue weighted by Crippen LogP contribution is -2.49. The summed E-state index contributed by atoms with van der Waals surface area (Å²) in [6, 6.07) is 12.3. The minimum atomic E-state index is -0.0784. The smallest absolute Gasteiger partial charge is 0.315 e. The quantitative estimate of drug-likeness (QED) is 0.654. The second-order valence-electron chi connectivity index (χ2n) is 7.36. The van der Waals surface area contributed by atoms with Crippen LogP contribution in [0.1, 0.15) is 31.9 Å². The Kier molecular flexibility index (Phi) is 5.81. The van der Waals surface area contributed by atoms with Crippen LogP contribution >= 0.6 is 11.3 Å². The van der Waals surface area contributed by atoms with Gasteiger partial charge in [0.15, 0.2) is 5.13 Å². The van der Waals surface area contributed by atoms with E-state index in [0.29, 0.717) is 0 Å². The molecule has 1 aromatic carbocycles. The van der Waals surface area contributed by atoms with E-state index in [0.717, 1.165) is 55.2 Å². The van der Waals surface area contributed by atoms with E-state index in [1.54, 1.807) is 17.6 Å². The number of piperidine rings is 1. The normalized spacial score (nSPS) is 16.2. The molecule has 4 rings (SSSR count). The van der Waals surface area contributed by atoms with Gasteiger partial charge in [-0.05, 0) is 50.5 Å².